The summed E-state index contributed by atoms with van der Waals surface area (Å²) in [4.78, 5) is 14.5. The minimum Gasteiger partial charge on any atom is -0.491 e. The lowest BCUT2D eigenvalue weighted by Gasteiger charge is -2.35. The number of piperazine rings is 1. The molecule has 1 atom stereocenters. The Morgan fingerprint density at radius 1 is 1.17 bits per heavy atom. The monoisotopic (exact) mass is 423 g/mol. The molecule has 0 spiro atoms. The summed E-state index contributed by atoms with van der Waals surface area (Å²) in [6, 6.07) is 10.6. The molecule has 0 aromatic heterocycles. The van der Waals surface area contributed by atoms with Crippen LogP contribution in [0.3, 0.4) is 0 Å². The van der Waals surface area contributed by atoms with Crippen LogP contribution in [0.4, 0.5) is 10.1 Å². The first-order chi connectivity index (χ1) is 13.9. The molecule has 7 nitrogen and oxygen atoms in total. The second-order valence-electron chi connectivity index (χ2n) is 7.00. The molecule has 0 saturated carbocycles. The van der Waals surface area contributed by atoms with Crippen LogP contribution in [0.1, 0.15) is 5.56 Å². The molecule has 0 amide bonds. The van der Waals surface area contributed by atoms with Crippen molar-refractivity contribution in [2.75, 3.05) is 39.3 Å². The van der Waals surface area contributed by atoms with Crippen molar-refractivity contribution in [2.45, 2.75) is 12.6 Å². The maximum absolute atomic E-state index is 13.9. The number of non-ortho nitro benzene ring substituents is 1. The van der Waals surface area contributed by atoms with Gasteiger partial charge in [0.05, 0.1) is 11.0 Å². The summed E-state index contributed by atoms with van der Waals surface area (Å²) in [7, 11) is 0. The largest absolute Gasteiger partial charge is 0.491 e. The van der Waals surface area contributed by atoms with E-state index in [0.717, 1.165) is 26.2 Å². The lowest BCUT2D eigenvalue weighted by atomic mass is 10.1. The molecule has 1 unspecified atom stereocenters. The number of aliphatic hydroxyl groups is 1. The fraction of sp³-hybridized carbons (Fsp3) is 0.400. The van der Waals surface area contributed by atoms with Gasteiger partial charge < -0.3 is 9.84 Å². The predicted octanol–water partition coefficient (Wildman–Crippen LogP) is 2.94. The molecule has 2 aromatic carbocycles. The van der Waals surface area contributed by atoms with Gasteiger partial charge in [-0.3, -0.25) is 19.9 Å². The highest BCUT2D eigenvalue weighted by Crippen LogP contribution is 2.22. The van der Waals surface area contributed by atoms with E-state index in [4.69, 9.17) is 16.3 Å². The Morgan fingerprint density at radius 2 is 1.86 bits per heavy atom. The molecule has 0 aliphatic carbocycles. The van der Waals surface area contributed by atoms with Gasteiger partial charge in [-0.15, -0.1) is 0 Å². The zero-order valence-corrected chi connectivity index (χ0v) is 16.6. The van der Waals surface area contributed by atoms with Crippen LogP contribution in [0.5, 0.6) is 5.75 Å². The third kappa shape index (κ3) is 6.11. The number of β-amino-alcohol motifs (C(OH)–C–C–N with tert-alkyl or cyclic N) is 1. The first-order valence-electron chi connectivity index (χ1n) is 9.35. The van der Waals surface area contributed by atoms with Crippen molar-refractivity contribution in [3.8, 4) is 5.75 Å². The highest BCUT2D eigenvalue weighted by atomic mass is 35.5. The first-order valence-corrected chi connectivity index (χ1v) is 9.73. The van der Waals surface area contributed by atoms with Crippen molar-refractivity contribution in [3.05, 3.63) is 69.0 Å². The molecule has 156 valence electrons. The van der Waals surface area contributed by atoms with Crippen LogP contribution in [0, 0.1) is 15.9 Å². The molecular formula is C20H23ClFN3O4. The normalized spacial score (nSPS) is 16.5. The van der Waals surface area contributed by atoms with Crippen molar-refractivity contribution < 1.29 is 19.2 Å². The molecule has 1 saturated heterocycles. The van der Waals surface area contributed by atoms with Gasteiger partial charge in [0, 0.05) is 55.9 Å². The average Bonchev–Trinajstić information content (AvgIpc) is 2.71. The highest BCUT2D eigenvalue weighted by molar-refractivity contribution is 6.31. The molecule has 9 heteroatoms. The zero-order chi connectivity index (χ0) is 20.8. The molecule has 3 rings (SSSR count). The summed E-state index contributed by atoms with van der Waals surface area (Å²) in [5, 5.41) is 21.5. The van der Waals surface area contributed by atoms with E-state index >= 15 is 0 Å². The van der Waals surface area contributed by atoms with E-state index in [0.29, 0.717) is 29.4 Å². The first kappa shape index (κ1) is 21.4. The van der Waals surface area contributed by atoms with E-state index in [1.165, 1.54) is 18.2 Å². The van der Waals surface area contributed by atoms with Crippen LogP contribution in [0.15, 0.2) is 42.5 Å². The maximum Gasteiger partial charge on any atom is 0.273 e. The number of ether oxygens (including phenoxy) is 1. The zero-order valence-electron chi connectivity index (χ0n) is 15.8. The van der Waals surface area contributed by atoms with Crippen LogP contribution < -0.4 is 4.74 Å². The summed E-state index contributed by atoms with van der Waals surface area (Å²) < 4.78 is 19.4. The average molecular weight is 424 g/mol. The SMILES string of the molecule is O=[N+]([O-])c1cccc(OCC(O)CN2CCN(Cc3c(F)cccc3Cl)CC2)c1. The summed E-state index contributed by atoms with van der Waals surface area (Å²) in [6.07, 6.45) is -0.721. The van der Waals surface area contributed by atoms with E-state index in [-0.39, 0.29) is 18.1 Å². The second-order valence-corrected chi connectivity index (χ2v) is 7.40. The topological polar surface area (TPSA) is 79.1 Å². The van der Waals surface area contributed by atoms with E-state index in [9.17, 15) is 19.6 Å². The fourth-order valence-corrected chi connectivity index (χ4v) is 3.49. The third-order valence-electron chi connectivity index (χ3n) is 4.85. The molecule has 1 fully saturated rings. The summed E-state index contributed by atoms with van der Waals surface area (Å²) in [6.45, 7) is 3.89. The number of hydrogen-bond acceptors (Lipinski definition) is 6. The number of nitrogens with zero attached hydrogens (tertiary/aromatic N) is 3. The van der Waals surface area contributed by atoms with Crippen LogP contribution >= 0.6 is 11.6 Å². The number of aliphatic hydroxyl groups excluding tert-OH is 1. The van der Waals surface area contributed by atoms with Gasteiger partial charge in [-0.1, -0.05) is 23.7 Å². The molecule has 1 aliphatic heterocycles. The quantitative estimate of drug-likeness (QED) is 0.519. The predicted molar refractivity (Wildman–Crippen MR) is 108 cm³/mol. The Labute approximate surface area is 173 Å². The molecule has 1 aliphatic rings. The molecule has 1 N–H and O–H groups in total. The van der Waals surface area contributed by atoms with Gasteiger partial charge in [0.1, 0.15) is 24.3 Å². The second kappa shape index (κ2) is 9.98. The maximum atomic E-state index is 13.9. The summed E-state index contributed by atoms with van der Waals surface area (Å²) >= 11 is 6.10. The van der Waals surface area contributed by atoms with Crippen molar-refractivity contribution in [2.24, 2.45) is 0 Å². The van der Waals surface area contributed by atoms with E-state index < -0.39 is 11.0 Å². The van der Waals surface area contributed by atoms with Crippen molar-refractivity contribution in [1.29, 1.82) is 0 Å². The lowest BCUT2D eigenvalue weighted by Crippen LogP contribution is -2.48. The number of hydrogen-bond donors (Lipinski definition) is 1. The Kier molecular flexibility index (Phi) is 7.38. The molecular weight excluding hydrogens is 401 g/mol. The Balaban J connectivity index is 1.42. The van der Waals surface area contributed by atoms with E-state index in [1.54, 1.807) is 24.3 Å². The Bertz CT molecular complexity index is 826. The van der Waals surface area contributed by atoms with Gasteiger partial charge >= 0.3 is 0 Å². The van der Waals surface area contributed by atoms with Crippen LogP contribution in [0.2, 0.25) is 5.02 Å². The van der Waals surface area contributed by atoms with Crippen LogP contribution in [-0.4, -0.2) is 65.3 Å². The van der Waals surface area contributed by atoms with Crippen LogP contribution in [0.25, 0.3) is 0 Å². The number of nitro benzene ring substituents is 1. The number of nitro groups is 1. The van der Waals surface area contributed by atoms with E-state index in [1.807, 2.05) is 0 Å². The summed E-state index contributed by atoms with van der Waals surface area (Å²) in [5.41, 5.74) is 0.455. The molecule has 0 radical (unpaired) electrons. The molecule has 1 heterocycles. The van der Waals surface area contributed by atoms with Crippen molar-refractivity contribution in [3.63, 3.8) is 0 Å². The van der Waals surface area contributed by atoms with Gasteiger partial charge in [0.25, 0.3) is 5.69 Å². The number of halogens is 2. The minimum absolute atomic E-state index is 0.0478. The van der Waals surface area contributed by atoms with Gasteiger partial charge in [0.2, 0.25) is 0 Å². The Morgan fingerprint density at radius 3 is 2.55 bits per heavy atom. The smallest absolute Gasteiger partial charge is 0.273 e. The minimum atomic E-state index is -0.721. The fourth-order valence-electron chi connectivity index (χ4n) is 3.27. The number of benzene rings is 2. The summed E-state index contributed by atoms with van der Waals surface area (Å²) in [5.74, 6) is 0.0542. The lowest BCUT2D eigenvalue weighted by molar-refractivity contribution is -0.384. The molecule has 29 heavy (non-hydrogen) atoms. The van der Waals surface area contributed by atoms with Crippen molar-refractivity contribution in [1.82, 2.24) is 9.80 Å². The molecule has 2 aromatic rings. The van der Waals surface area contributed by atoms with Gasteiger partial charge in [-0.25, -0.2) is 4.39 Å². The van der Waals surface area contributed by atoms with Gasteiger partial charge in [-0.2, -0.15) is 0 Å². The number of rotatable bonds is 8. The van der Waals surface area contributed by atoms with Crippen LogP contribution in [-0.2, 0) is 6.54 Å². The molecule has 0 bridgehead atoms. The highest BCUT2D eigenvalue weighted by Gasteiger charge is 2.21. The van der Waals surface area contributed by atoms with Gasteiger partial charge in [-0.05, 0) is 18.2 Å². The third-order valence-corrected chi connectivity index (χ3v) is 5.20. The van der Waals surface area contributed by atoms with Gasteiger partial charge in [0.15, 0.2) is 0 Å². The van der Waals surface area contributed by atoms with Crippen molar-refractivity contribution >= 4 is 17.3 Å². The Hall–Kier alpha value is -2.26. The van der Waals surface area contributed by atoms with E-state index in [2.05, 4.69) is 9.80 Å². The standard InChI is InChI=1S/C20H23ClFN3O4/c21-19-5-2-6-20(22)18(19)13-24-9-7-23(8-10-24)12-16(26)14-29-17-4-1-3-15(11-17)25(27)28/h1-6,11,16,26H,7-10,12-14H2.